The first-order chi connectivity index (χ1) is 5.27. The second kappa shape index (κ2) is 4.18. The summed E-state index contributed by atoms with van der Waals surface area (Å²) in [5.41, 5.74) is 0. The Hall–Kier alpha value is -0.160. The van der Waals surface area contributed by atoms with Gasteiger partial charge in [0, 0.05) is 22.4 Å². The van der Waals surface area contributed by atoms with Crippen molar-refractivity contribution < 1.29 is 9.00 Å². The molecular weight excluding hydrogens is 194 g/mol. The Morgan fingerprint density at radius 1 is 1.33 bits per heavy atom. The third-order valence-electron chi connectivity index (χ3n) is 1.39. The molecule has 12 heavy (non-hydrogen) atoms. The highest BCUT2D eigenvalue weighted by molar-refractivity contribution is 8.32. The summed E-state index contributed by atoms with van der Waals surface area (Å²) in [6.07, 6.45) is 0. The monoisotopic (exact) mass is 209 g/mol. The molecule has 1 N–H and O–H groups in total. The Balaban J connectivity index is 4.38. The second-order valence-corrected chi connectivity index (χ2v) is 6.94. The van der Waals surface area contributed by atoms with E-state index in [0.717, 1.165) is 0 Å². The zero-order chi connectivity index (χ0) is 9.94. The van der Waals surface area contributed by atoms with E-state index in [-0.39, 0.29) is 17.1 Å². The number of carbonyl (C=O) groups is 1. The van der Waals surface area contributed by atoms with Gasteiger partial charge in [0.25, 0.3) is 0 Å². The molecular formula is C7H15NO2S2. The summed E-state index contributed by atoms with van der Waals surface area (Å²) in [4.78, 5) is 11.1. The van der Waals surface area contributed by atoms with Crippen LogP contribution in [0.2, 0.25) is 0 Å². The Morgan fingerprint density at radius 3 is 2.00 bits per heavy atom. The van der Waals surface area contributed by atoms with Crippen molar-refractivity contribution in [3.05, 3.63) is 0 Å². The molecule has 0 aliphatic heterocycles. The molecule has 1 unspecified atom stereocenters. The van der Waals surface area contributed by atoms with Gasteiger partial charge in [-0.25, -0.2) is 4.21 Å². The molecule has 1 amide bonds. The maximum atomic E-state index is 11.5. The van der Waals surface area contributed by atoms with E-state index in [0.29, 0.717) is 0 Å². The van der Waals surface area contributed by atoms with Crippen LogP contribution in [0.3, 0.4) is 0 Å². The molecule has 0 aromatic carbocycles. The zero-order valence-corrected chi connectivity index (χ0v) is 9.42. The summed E-state index contributed by atoms with van der Waals surface area (Å²) >= 11 is 4.76. The number of hydrogen-bond acceptors (Lipinski definition) is 3. The molecule has 0 bridgehead atoms. The molecule has 3 nitrogen and oxygen atoms in total. The average Bonchev–Trinajstić information content (AvgIpc) is 1.85. The largest absolute Gasteiger partial charge is 0.274 e. The number of rotatable bonds is 3. The number of nitrogens with one attached hydrogen (secondary N) is 1. The van der Waals surface area contributed by atoms with Gasteiger partial charge in [-0.05, 0) is 13.8 Å². The first-order valence-corrected chi connectivity index (χ1v) is 6.37. The minimum absolute atomic E-state index is 0.174. The molecule has 0 aromatic heterocycles. The van der Waals surface area contributed by atoms with Crippen LogP contribution in [0, 0.1) is 5.92 Å². The molecule has 0 saturated carbocycles. The molecule has 0 saturated heterocycles. The third-order valence-corrected chi connectivity index (χ3v) is 4.52. The summed E-state index contributed by atoms with van der Waals surface area (Å²) in [5.74, 6) is -0.420. The summed E-state index contributed by atoms with van der Waals surface area (Å²) in [7, 11) is -2.61. The fourth-order valence-electron chi connectivity index (χ4n) is 0.376. The minimum atomic E-state index is -2.61. The number of hydrogen-bond donors (Lipinski definition) is 1. The van der Waals surface area contributed by atoms with Crippen LogP contribution in [0.25, 0.3) is 0 Å². The van der Waals surface area contributed by atoms with Gasteiger partial charge in [0.15, 0.2) is 0 Å². The Bertz CT molecular complexity index is 255. The minimum Gasteiger partial charge on any atom is -0.274 e. The van der Waals surface area contributed by atoms with Crippen molar-refractivity contribution in [3.63, 3.8) is 0 Å². The van der Waals surface area contributed by atoms with Gasteiger partial charge in [0.1, 0.15) is 8.68 Å². The van der Waals surface area contributed by atoms with Gasteiger partial charge in [-0.3, -0.25) is 9.52 Å². The summed E-state index contributed by atoms with van der Waals surface area (Å²) < 4.78 is 13.8. The first-order valence-electron chi connectivity index (χ1n) is 3.83. The average molecular weight is 209 g/mol. The molecule has 72 valence electrons. The molecule has 5 heteroatoms. The van der Waals surface area contributed by atoms with Gasteiger partial charge >= 0.3 is 0 Å². The van der Waals surface area contributed by atoms with E-state index in [1.54, 1.807) is 27.7 Å². The van der Waals surface area contributed by atoms with Crippen molar-refractivity contribution >= 4 is 25.8 Å². The lowest BCUT2D eigenvalue weighted by molar-refractivity contribution is -0.122. The second-order valence-electron chi connectivity index (χ2n) is 3.21. The normalized spacial score (nSPS) is 16.2. The molecule has 0 heterocycles. The van der Waals surface area contributed by atoms with Crippen LogP contribution >= 0.6 is 0 Å². The van der Waals surface area contributed by atoms with Gasteiger partial charge in [-0.2, -0.15) is 0 Å². The van der Waals surface area contributed by atoms with Gasteiger partial charge in [-0.1, -0.05) is 13.8 Å². The topological polar surface area (TPSA) is 46.2 Å². The Kier molecular flexibility index (Phi) is 4.13. The highest BCUT2D eigenvalue weighted by Crippen LogP contribution is 1.99. The fourth-order valence-corrected chi connectivity index (χ4v) is 1.37. The first kappa shape index (κ1) is 11.8. The van der Waals surface area contributed by atoms with E-state index < -0.39 is 8.68 Å². The van der Waals surface area contributed by atoms with Gasteiger partial charge in [0.2, 0.25) is 5.91 Å². The SMILES string of the molecule is CC(C)C(=O)NS(=O)(=S)C(C)C. The van der Waals surface area contributed by atoms with Gasteiger partial charge in [0.05, 0.1) is 0 Å². The van der Waals surface area contributed by atoms with Crippen LogP contribution < -0.4 is 4.72 Å². The lowest BCUT2D eigenvalue weighted by atomic mass is 10.2. The summed E-state index contributed by atoms with van der Waals surface area (Å²) in [5, 5.41) is -0.199. The van der Waals surface area contributed by atoms with Crippen molar-refractivity contribution in [2.45, 2.75) is 32.9 Å². The van der Waals surface area contributed by atoms with E-state index in [1.807, 2.05) is 0 Å². The van der Waals surface area contributed by atoms with Crippen LogP contribution in [0.4, 0.5) is 0 Å². The highest BCUT2D eigenvalue weighted by Gasteiger charge is 2.16. The molecule has 0 aliphatic rings. The van der Waals surface area contributed by atoms with Crippen LogP contribution in [0.1, 0.15) is 27.7 Å². The lowest BCUT2D eigenvalue weighted by Crippen LogP contribution is -2.37. The molecule has 0 aliphatic carbocycles. The highest BCUT2D eigenvalue weighted by atomic mass is 32.8. The molecule has 0 spiro atoms. The van der Waals surface area contributed by atoms with E-state index in [9.17, 15) is 9.00 Å². The maximum Gasteiger partial charge on any atom is 0.234 e. The number of carbonyl (C=O) groups excluding carboxylic acids is 1. The molecule has 1 atom stereocenters. The summed E-state index contributed by atoms with van der Waals surface area (Å²) in [6.45, 7) is 6.94. The molecule has 0 aromatic rings. The maximum absolute atomic E-state index is 11.5. The predicted octanol–water partition coefficient (Wildman–Crippen LogP) is 0.828. The van der Waals surface area contributed by atoms with Gasteiger partial charge < -0.3 is 0 Å². The van der Waals surface area contributed by atoms with Crippen molar-refractivity contribution in [3.8, 4) is 0 Å². The fraction of sp³-hybridized carbons (Fsp3) is 0.857. The standard InChI is InChI=1S/C7H15NO2S2/c1-5(2)7(9)8-12(10,11)6(3)4/h5-6H,1-4H3,(H,8,9). The van der Waals surface area contributed by atoms with Crippen LogP contribution in [-0.2, 0) is 24.7 Å². The Labute approximate surface area is 78.7 Å². The number of amides is 1. The quantitative estimate of drug-likeness (QED) is 0.749. The van der Waals surface area contributed by atoms with Gasteiger partial charge in [-0.15, -0.1) is 0 Å². The van der Waals surface area contributed by atoms with E-state index in [4.69, 9.17) is 11.2 Å². The van der Waals surface area contributed by atoms with Crippen molar-refractivity contribution in [2.24, 2.45) is 5.92 Å². The van der Waals surface area contributed by atoms with Crippen LogP contribution in [-0.4, -0.2) is 15.4 Å². The van der Waals surface area contributed by atoms with E-state index in [1.165, 1.54) is 0 Å². The van der Waals surface area contributed by atoms with Crippen molar-refractivity contribution in [1.82, 2.24) is 4.72 Å². The Morgan fingerprint density at radius 2 is 1.75 bits per heavy atom. The molecule has 0 fully saturated rings. The van der Waals surface area contributed by atoms with Crippen molar-refractivity contribution in [2.75, 3.05) is 0 Å². The molecule has 0 rings (SSSR count). The van der Waals surface area contributed by atoms with E-state index in [2.05, 4.69) is 4.72 Å². The van der Waals surface area contributed by atoms with Crippen LogP contribution in [0.5, 0.6) is 0 Å². The van der Waals surface area contributed by atoms with Crippen molar-refractivity contribution in [1.29, 1.82) is 0 Å². The lowest BCUT2D eigenvalue weighted by Gasteiger charge is -2.13. The smallest absolute Gasteiger partial charge is 0.234 e. The molecule has 0 radical (unpaired) electrons. The van der Waals surface area contributed by atoms with E-state index >= 15 is 0 Å². The predicted molar refractivity (Wildman–Crippen MR) is 53.6 cm³/mol. The zero-order valence-electron chi connectivity index (χ0n) is 7.79. The van der Waals surface area contributed by atoms with Crippen LogP contribution in [0.15, 0.2) is 0 Å². The third kappa shape index (κ3) is 3.49. The summed E-state index contributed by atoms with van der Waals surface area (Å²) in [6, 6.07) is 0.